The Balaban J connectivity index is 1.85. The van der Waals surface area contributed by atoms with Gasteiger partial charge in [0, 0.05) is 6.04 Å². The van der Waals surface area contributed by atoms with E-state index in [0.29, 0.717) is 17.6 Å². The summed E-state index contributed by atoms with van der Waals surface area (Å²) < 4.78 is 26.7. The smallest absolute Gasteiger partial charge is 0.241 e. The molecule has 0 aliphatic heterocycles. The van der Waals surface area contributed by atoms with Gasteiger partial charge in [-0.1, -0.05) is 37.0 Å². The van der Waals surface area contributed by atoms with E-state index in [1.54, 1.807) is 12.1 Å². The number of sulfonamides is 1. The minimum Gasteiger partial charge on any atom is -0.301 e. The molecule has 1 aliphatic carbocycles. The molecule has 4 nitrogen and oxygen atoms in total. The van der Waals surface area contributed by atoms with E-state index in [9.17, 15) is 8.42 Å². The molecule has 2 N–H and O–H groups in total. The van der Waals surface area contributed by atoms with Crippen LogP contribution in [-0.4, -0.2) is 21.1 Å². The van der Waals surface area contributed by atoms with Crippen molar-refractivity contribution < 1.29 is 8.42 Å². The summed E-state index contributed by atoms with van der Waals surface area (Å²) in [6.45, 7) is 2.25. The fraction of sp³-hybridized carbons (Fsp3) is 0.571. The first kappa shape index (κ1) is 14.5. The van der Waals surface area contributed by atoms with Gasteiger partial charge in [-0.15, -0.1) is 0 Å². The van der Waals surface area contributed by atoms with E-state index in [1.165, 1.54) is 19.3 Å². The van der Waals surface area contributed by atoms with Crippen LogP contribution in [0.4, 0.5) is 0 Å². The van der Waals surface area contributed by atoms with Crippen molar-refractivity contribution in [2.45, 2.75) is 50.0 Å². The lowest BCUT2D eigenvalue weighted by Crippen LogP contribution is -2.40. The third-order valence-electron chi connectivity index (χ3n) is 3.59. The van der Waals surface area contributed by atoms with Crippen molar-refractivity contribution >= 4 is 10.0 Å². The molecule has 0 unspecified atom stereocenters. The molecular weight excluding hydrogens is 260 g/mol. The van der Waals surface area contributed by atoms with Crippen molar-refractivity contribution in [3.63, 3.8) is 0 Å². The van der Waals surface area contributed by atoms with Crippen LogP contribution in [0.1, 0.15) is 37.7 Å². The van der Waals surface area contributed by atoms with Gasteiger partial charge >= 0.3 is 0 Å². The number of benzene rings is 1. The highest BCUT2D eigenvalue weighted by atomic mass is 32.2. The average molecular weight is 282 g/mol. The molecule has 1 aromatic carbocycles. The Morgan fingerprint density at radius 2 is 1.74 bits per heavy atom. The molecular formula is C14H22N2O2S. The van der Waals surface area contributed by atoms with E-state index in [2.05, 4.69) is 10.0 Å². The summed E-state index contributed by atoms with van der Waals surface area (Å²) in [5, 5.41) is 3.27. The van der Waals surface area contributed by atoms with Gasteiger partial charge in [0.25, 0.3) is 0 Å². The Morgan fingerprint density at radius 1 is 1.11 bits per heavy atom. The molecule has 0 radical (unpaired) electrons. The molecule has 0 heterocycles. The van der Waals surface area contributed by atoms with Crippen molar-refractivity contribution in [2.24, 2.45) is 0 Å². The number of rotatable bonds is 5. The van der Waals surface area contributed by atoms with E-state index in [4.69, 9.17) is 0 Å². The van der Waals surface area contributed by atoms with Crippen molar-refractivity contribution in [3.05, 3.63) is 29.8 Å². The van der Waals surface area contributed by atoms with Gasteiger partial charge in [-0.2, -0.15) is 4.72 Å². The van der Waals surface area contributed by atoms with Crippen LogP contribution in [-0.2, 0) is 10.0 Å². The molecule has 5 heteroatoms. The molecule has 1 aromatic rings. The number of nitrogens with one attached hydrogen (secondary N) is 2. The zero-order valence-electron chi connectivity index (χ0n) is 11.4. The normalized spacial score (nSPS) is 17.5. The molecule has 0 spiro atoms. The van der Waals surface area contributed by atoms with Crippen LogP contribution in [0, 0.1) is 6.92 Å². The zero-order valence-corrected chi connectivity index (χ0v) is 12.2. The second kappa shape index (κ2) is 6.50. The van der Waals surface area contributed by atoms with Gasteiger partial charge in [0.1, 0.15) is 0 Å². The summed E-state index contributed by atoms with van der Waals surface area (Å²) in [5.41, 5.74) is 1.05. The predicted molar refractivity (Wildman–Crippen MR) is 76.4 cm³/mol. The van der Waals surface area contributed by atoms with Gasteiger partial charge in [-0.3, -0.25) is 0 Å². The molecule has 1 fully saturated rings. The number of hydrogen-bond donors (Lipinski definition) is 2. The van der Waals surface area contributed by atoms with Gasteiger partial charge in [0.05, 0.1) is 11.6 Å². The minimum atomic E-state index is -3.39. The van der Waals surface area contributed by atoms with Crippen molar-refractivity contribution in [3.8, 4) is 0 Å². The Bertz CT molecular complexity index is 491. The van der Waals surface area contributed by atoms with Gasteiger partial charge in [-0.05, 0) is 31.9 Å². The van der Waals surface area contributed by atoms with Gasteiger partial charge < -0.3 is 5.32 Å². The maximum Gasteiger partial charge on any atom is 0.241 e. The van der Waals surface area contributed by atoms with Crippen molar-refractivity contribution in [2.75, 3.05) is 6.67 Å². The second-order valence-electron chi connectivity index (χ2n) is 5.18. The third-order valence-corrected chi connectivity index (χ3v) is 5.01. The zero-order chi connectivity index (χ0) is 13.7. The molecule has 0 atom stereocenters. The average Bonchev–Trinajstić information content (AvgIpc) is 2.40. The van der Waals surface area contributed by atoms with Gasteiger partial charge in [0.2, 0.25) is 10.0 Å². The molecule has 0 amide bonds. The Labute approximate surface area is 115 Å². The van der Waals surface area contributed by atoms with E-state index in [0.717, 1.165) is 18.4 Å². The maximum atomic E-state index is 12.0. The lowest BCUT2D eigenvalue weighted by molar-refractivity contribution is 0.372. The molecule has 2 rings (SSSR count). The maximum absolute atomic E-state index is 12.0. The molecule has 106 valence electrons. The largest absolute Gasteiger partial charge is 0.301 e. The SMILES string of the molecule is Cc1ccc(S(=O)(=O)NCNC2CCCCC2)cc1. The molecule has 0 aromatic heterocycles. The first-order valence-electron chi connectivity index (χ1n) is 6.88. The van der Waals surface area contributed by atoms with Crippen LogP contribution in [0.2, 0.25) is 0 Å². The Kier molecular flexibility index (Phi) is 4.96. The van der Waals surface area contributed by atoms with Crippen LogP contribution in [0.3, 0.4) is 0 Å². The molecule has 0 bridgehead atoms. The van der Waals surface area contributed by atoms with E-state index < -0.39 is 10.0 Å². The van der Waals surface area contributed by atoms with Crippen LogP contribution in [0.25, 0.3) is 0 Å². The van der Waals surface area contributed by atoms with Gasteiger partial charge in [-0.25, -0.2) is 8.42 Å². The standard InChI is InChI=1S/C14H22N2O2S/c1-12-7-9-14(10-8-12)19(17,18)16-11-15-13-5-3-2-4-6-13/h7-10,13,15-16H,2-6,11H2,1H3. The highest BCUT2D eigenvalue weighted by Gasteiger charge is 2.15. The third kappa shape index (κ3) is 4.30. The fourth-order valence-corrected chi connectivity index (χ4v) is 3.32. The van der Waals surface area contributed by atoms with Crippen molar-refractivity contribution in [1.29, 1.82) is 0 Å². The first-order valence-corrected chi connectivity index (χ1v) is 8.36. The predicted octanol–water partition coefficient (Wildman–Crippen LogP) is 2.15. The van der Waals surface area contributed by atoms with Gasteiger partial charge in [0.15, 0.2) is 0 Å². The summed E-state index contributed by atoms with van der Waals surface area (Å²) in [4.78, 5) is 0.323. The summed E-state index contributed by atoms with van der Waals surface area (Å²) in [7, 11) is -3.39. The Morgan fingerprint density at radius 3 is 2.37 bits per heavy atom. The summed E-state index contributed by atoms with van der Waals surface area (Å²) in [5.74, 6) is 0. The molecule has 1 saturated carbocycles. The highest BCUT2D eigenvalue weighted by molar-refractivity contribution is 7.89. The topological polar surface area (TPSA) is 58.2 Å². The summed E-state index contributed by atoms with van der Waals surface area (Å²) >= 11 is 0. The van der Waals surface area contributed by atoms with E-state index in [-0.39, 0.29) is 0 Å². The Hall–Kier alpha value is -0.910. The molecule has 1 aliphatic rings. The molecule has 19 heavy (non-hydrogen) atoms. The first-order chi connectivity index (χ1) is 9.08. The molecule has 0 saturated heterocycles. The summed E-state index contributed by atoms with van der Waals surface area (Å²) in [6, 6.07) is 7.34. The van der Waals surface area contributed by atoms with E-state index >= 15 is 0 Å². The number of hydrogen-bond acceptors (Lipinski definition) is 3. The minimum absolute atomic E-state index is 0.306. The van der Waals surface area contributed by atoms with Crippen LogP contribution < -0.4 is 10.0 Å². The van der Waals surface area contributed by atoms with Crippen LogP contribution in [0.5, 0.6) is 0 Å². The lowest BCUT2D eigenvalue weighted by atomic mass is 9.96. The second-order valence-corrected chi connectivity index (χ2v) is 6.94. The quantitative estimate of drug-likeness (QED) is 0.814. The van der Waals surface area contributed by atoms with Crippen LogP contribution >= 0.6 is 0 Å². The highest BCUT2D eigenvalue weighted by Crippen LogP contribution is 2.17. The van der Waals surface area contributed by atoms with E-state index in [1.807, 2.05) is 19.1 Å². The van der Waals surface area contributed by atoms with Crippen molar-refractivity contribution in [1.82, 2.24) is 10.0 Å². The summed E-state index contributed by atoms with van der Waals surface area (Å²) in [6.07, 6.45) is 6.07. The lowest BCUT2D eigenvalue weighted by Gasteiger charge is -2.22. The fourth-order valence-electron chi connectivity index (χ4n) is 2.39. The monoisotopic (exact) mass is 282 g/mol. The van der Waals surface area contributed by atoms with Crippen LogP contribution in [0.15, 0.2) is 29.2 Å². The number of aryl methyl sites for hydroxylation is 1.